The van der Waals surface area contributed by atoms with E-state index in [1.54, 1.807) is 0 Å². The van der Waals surface area contributed by atoms with Crippen LogP contribution in [0.1, 0.15) is 25.3 Å². The van der Waals surface area contributed by atoms with E-state index in [0.717, 1.165) is 18.9 Å². The second kappa shape index (κ2) is 6.77. The number of benzene rings is 2. The SMILES string of the molecule is CCOc1ccc(-c2ccccc2)cc1CN1CCCC1. The molecule has 0 amide bonds. The van der Waals surface area contributed by atoms with Crippen molar-refractivity contribution in [1.29, 1.82) is 0 Å². The quantitative estimate of drug-likeness (QED) is 0.808. The van der Waals surface area contributed by atoms with Gasteiger partial charge in [0.1, 0.15) is 5.75 Å². The summed E-state index contributed by atoms with van der Waals surface area (Å²) >= 11 is 0. The van der Waals surface area contributed by atoms with Crippen LogP contribution in [0.3, 0.4) is 0 Å². The van der Waals surface area contributed by atoms with E-state index >= 15 is 0 Å². The molecule has 0 radical (unpaired) electrons. The molecular weight excluding hydrogens is 258 g/mol. The van der Waals surface area contributed by atoms with Crippen molar-refractivity contribution in [3.05, 3.63) is 54.1 Å². The molecule has 1 saturated heterocycles. The van der Waals surface area contributed by atoms with Crippen molar-refractivity contribution < 1.29 is 4.74 Å². The first-order chi connectivity index (χ1) is 10.4. The van der Waals surface area contributed by atoms with Crippen molar-refractivity contribution >= 4 is 0 Å². The summed E-state index contributed by atoms with van der Waals surface area (Å²) in [6, 6.07) is 17.1. The van der Waals surface area contributed by atoms with E-state index in [9.17, 15) is 0 Å². The van der Waals surface area contributed by atoms with Gasteiger partial charge in [-0.1, -0.05) is 36.4 Å². The summed E-state index contributed by atoms with van der Waals surface area (Å²) < 4.78 is 5.81. The zero-order valence-electron chi connectivity index (χ0n) is 12.7. The fourth-order valence-electron chi connectivity index (χ4n) is 2.99. The molecule has 2 aromatic carbocycles. The first kappa shape index (κ1) is 14.2. The lowest BCUT2D eigenvalue weighted by atomic mass is 10.0. The highest BCUT2D eigenvalue weighted by atomic mass is 16.5. The highest BCUT2D eigenvalue weighted by Crippen LogP contribution is 2.28. The Morgan fingerprint density at radius 3 is 2.43 bits per heavy atom. The Kier molecular flexibility index (Phi) is 4.56. The van der Waals surface area contributed by atoms with E-state index in [4.69, 9.17) is 4.74 Å². The molecule has 0 unspecified atom stereocenters. The number of rotatable bonds is 5. The zero-order valence-corrected chi connectivity index (χ0v) is 12.7. The maximum atomic E-state index is 5.81. The van der Waals surface area contributed by atoms with E-state index in [1.807, 2.05) is 6.92 Å². The van der Waals surface area contributed by atoms with E-state index in [1.165, 1.54) is 42.6 Å². The molecule has 0 spiro atoms. The van der Waals surface area contributed by atoms with E-state index < -0.39 is 0 Å². The molecule has 0 bridgehead atoms. The molecule has 21 heavy (non-hydrogen) atoms. The van der Waals surface area contributed by atoms with Crippen LogP contribution in [-0.2, 0) is 6.54 Å². The van der Waals surface area contributed by atoms with Crippen LogP contribution < -0.4 is 4.74 Å². The summed E-state index contributed by atoms with van der Waals surface area (Å²) in [5, 5.41) is 0. The monoisotopic (exact) mass is 281 g/mol. The second-order valence-corrected chi connectivity index (χ2v) is 5.60. The number of ether oxygens (including phenoxy) is 1. The molecule has 0 aromatic heterocycles. The molecule has 1 fully saturated rings. The highest BCUT2D eigenvalue weighted by molar-refractivity contribution is 5.65. The lowest BCUT2D eigenvalue weighted by molar-refractivity contribution is 0.305. The Morgan fingerprint density at radius 1 is 0.952 bits per heavy atom. The maximum Gasteiger partial charge on any atom is 0.123 e. The van der Waals surface area contributed by atoms with Crippen LogP contribution in [-0.4, -0.2) is 24.6 Å². The maximum absolute atomic E-state index is 5.81. The van der Waals surface area contributed by atoms with E-state index in [-0.39, 0.29) is 0 Å². The lowest BCUT2D eigenvalue weighted by Gasteiger charge is -2.18. The van der Waals surface area contributed by atoms with Gasteiger partial charge in [-0.15, -0.1) is 0 Å². The van der Waals surface area contributed by atoms with E-state index in [2.05, 4.69) is 53.4 Å². The smallest absolute Gasteiger partial charge is 0.123 e. The molecule has 1 aliphatic rings. The number of hydrogen-bond donors (Lipinski definition) is 0. The normalized spacial score (nSPS) is 15.3. The third kappa shape index (κ3) is 3.45. The van der Waals surface area contributed by atoms with Gasteiger partial charge in [-0.2, -0.15) is 0 Å². The Balaban J connectivity index is 1.89. The fourth-order valence-corrected chi connectivity index (χ4v) is 2.99. The van der Waals surface area contributed by atoms with Gasteiger partial charge in [-0.05, 0) is 56.1 Å². The molecule has 2 aromatic rings. The summed E-state index contributed by atoms with van der Waals surface area (Å²) in [4.78, 5) is 2.52. The van der Waals surface area contributed by atoms with Gasteiger partial charge >= 0.3 is 0 Å². The molecule has 1 heterocycles. The first-order valence-electron chi connectivity index (χ1n) is 7.90. The summed E-state index contributed by atoms with van der Waals surface area (Å²) in [6.07, 6.45) is 2.64. The standard InChI is InChI=1S/C19H23NO/c1-2-21-19-11-10-17(16-8-4-3-5-9-16)14-18(19)15-20-12-6-7-13-20/h3-5,8-11,14H,2,6-7,12-13,15H2,1H3. The first-order valence-corrected chi connectivity index (χ1v) is 7.90. The van der Waals surface area contributed by atoms with Crippen LogP contribution in [0, 0.1) is 0 Å². The van der Waals surface area contributed by atoms with Gasteiger partial charge in [-0.25, -0.2) is 0 Å². The third-order valence-electron chi connectivity index (χ3n) is 4.06. The summed E-state index contributed by atoms with van der Waals surface area (Å²) in [5.74, 6) is 1.03. The van der Waals surface area contributed by atoms with Gasteiger partial charge in [0.25, 0.3) is 0 Å². The van der Waals surface area contributed by atoms with Crippen molar-refractivity contribution in [3.8, 4) is 16.9 Å². The van der Waals surface area contributed by atoms with Crippen LogP contribution in [0.25, 0.3) is 11.1 Å². The summed E-state index contributed by atoms with van der Waals surface area (Å²) in [7, 11) is 0. The topological polar surface area (TPSA) is 12.5 Å². The van der Waals surface area contributed by atoms with Crippen molar-refractivity contribution in [2.75, 3.05) is 19.7 Å². The minimum Gasteiger partial charge on any atom is -0.494 e. The van der Waals surface area contributed by atoms with Crippen LogP contribution in [0.2, 0.25) is 0 Å². The molecule has 0 N–H and O–H groups in total. The molecule has 0 aliphatic carbocycles. The molecule has 2 heteroatoms. The Hall–Kier alpha value is -1.80. The van der Waals surface area contributed by atoms with Crippen molar-refractivity contribution in [3.63, 3.8) is 0 Å². The molecular formula is C19H23NO. The molecule has 1 aliphatic heterocycles. The van der Waals surface area contributed by atoms with Crippen molar-refractivity contribution in [1.82, 2.24) is 4.90 Å². The molecule has 2 nitrogen and oxygen atoms in total. The fraction of sp³-hybridized carbons (Fsp3) is 0.368. The van der Waals surface area contributed by atoms with Crippen LogP contribution in [0.4, 0.5) is 0 Å². The minimum atomic E-state index is 0.720. The predicted octanol–water partition coefficient (Wildman–Crippen LogP) is 4.35. The van der Waals surface area contributed by atoms with Crippen LogP contribution in [0.5, 0.6) is 5.75 Å². The van der Waals surface area contributed by atoms with E-state index in [0.29, 0.717) is 0 Å². The zero-order chi connectivity index (χ0) is 14.5. The van der Waals surface area contributed by atoms with Gasteiger partial charge in [0.05, 0.1) is 6.61 Å². The second-order valence-electron chi connectivity index (χ2n) is 5.60. The van der Waals surface area contributed by atoms with Crippen molar-refractivity contribution in [2.24, 2.45) is 0 Å². The number of nitrogens with zero attached hydrogens (tertiary/aromatic N) is 1. The van der Waals surface area contributed by atoms with Gasteiger partial charge in [-0.3, -0.25) is 4.90 Å². The predicted molar refractivity (Wildman–Crippen MR) is 87.6 cm³/mol. The van der Waals surface area contributed by atoms with Gasteiger partial charge < -0.3 is 4.74 Å². The van der Waals surface area contributed by atoms with Crippen molar-refractivity contribution in [2.45, 2.75) is 26.3 Å². The summed E-state index contributed by atoms with van der Waals surface area (Å²) in [5.41, 5.74) is 3.84. The summed E-state index contributed by atoms with van der Waals surface area (Å²) in [6.45, 7) is 6.18. The Bertz CT molecular complexity index is 573. The van der Waals surface area contributed by atoms with Crippen LogP contribution in [0.15, 0.2) is 48.5 Å². The highest BCUT2D eigenvalue weighted by Gasteiger charge is 2.15. The van der Waals surface area contributed by atoms with Gasteiger partial charge in [0.2, 0.25) is 0 Å². The van der Waals surface area contributed by atoms with Gasteiger partial charge in [0, 0.05) is 12.1 Å². The number of likely N-dealkylation sites (tertiary alicyclic amines) is 1. The minimum absolute atomic E-state index is 0.720. The third-order valence-corrected chi connectivity index (χ3v) is 4.06. The average Bonchev–Trinajstić information content (AvgIpc) is 3.03. The molecule has 110 valence electrons. The average molecular weight is 281 g/mol. The Morgan fingerprint density at radius 2 is 1.71 bits per heavy atom. The lowest BCUT2D eigenvalue weighted by Crippen LogP contribution is -2.19. The molecule has 3 rings (SSSR count). The largest absolute Gasteiger partial charge is 0.494 e. The van der Waals surface area contributed by atoms with Gasteiger partial charge in [0.15, 0.2) is 0 Å². The number of hydrogen-bond acceptors (Lipinski definition) is 2. The molecule has 0 saturated carbocycles. The Labute approximate surface area is 127 Å². The van der Waals surface area contributed by atoms with Crippen LogP contribution >= 0.6 is 0 Å². The molecule has 0 atom stereocenters.